The van der Waals surface area contributed by atoms with Crippen LogP contribution in [0.15, 0.2) is 0 Å². The first-order valence-corrected chi connectivity index (χ1v) is 15.0. The number of halogens is 3. The van der Waals surface area contributed by atoms with E-state index in [4.69, 9.17) is 12.2 Å². The van der Waals surface area contributed by atoms with Gasteiger partial charge in [0.1, 0.15) is 18.1 Å². The molecule has 6 amide bonds. The van der Waals surface area contributed by atoms with E-state index in [0.29, 0.717) is 0 Å². The fourth-order valence-corrected chi connectivity index (χ4v) is 6.02. The zero-order chi connectivity index (χ0) is 35.7. The number of nitrogens with one attached hydrogen (secondary N) is 3. The number of piperidine rings is 1. The van der Waals surface area contributed by atoms with Crippen LogP contribution in [0.1, 0.15) is 68.2 Å². The Morgan fingerprint density at radius 2 is 1.50 bits per heavy atom. The molecule has 0 aromatic carbocycles. The summed E-state index contributed by atoms with van der Waals surface area (Å²) in [6, 6.07) is -6.09. The third kappa shape index (κ3) is 8.91. The van der Waals surface area contributed by atoms with Gasteiger partial charge in [-0.2, -0.15) is 13.2 Å². The molecule has 1 aliphatic carbocycles. The average Bonchev–Trinajstić information content (AvgIpc) is 3.21. The van der Waals surface area contributed by atoms with E-state index in [1.807, 2.05) is 13.8 Å². The van der Waals surface area contributed by atoms with Crippen molar-refractivity contribution in [3.8, 4) is 12.3 Å². The summed E-state index contributed by atoms with van der Waals surface area (Å²) < 4.78 is 38.9. The maximum Gasteiger partial charge on any atom is 0.389 e. The quantitative estimate of drug-likeness (QED) is 0.194. The van der Waals surface area contributed by atoms with Crippen LogP contribution in [-0.2, 0) is 24.0 Å². The van der Waals surface area contributed by atoms with Gasteiger partial charge in [-0.3, -0.25) is 24.0 Å². The molecule has 0 bridgehead atoms. The average molecular weight is 657 g/mol. The molecule has 15 heteroatoms. The Morgan fingerprint density at radius 1 is 0.978 bits per heavy atom. The van der Waals surface area contributed by atoms with E-state index < -0.39 is 101 Å². The van der Waals surface area contributed by atoms with E-state index >= 15 is 0 Å². The maximum absolute atomic E-state index is 14.1. The summed E-state index contributed by atoms with van der Waals surface area (Å²) in [6.45, 7) is 14.2. The van der Waals surface area contributed by atoms with Crippen molar-refractivity contribution < 1.29 is 41.9 Å². The topological polar surface area (TPSA) is 171 Å². The molecule has 0 aromatic rings. The van der Waals surface area contributed by atoms with Gasteiger partial charge in [0.15, 0.2) is 0 Å². The molecule has 0 aromatic heterocycles. The van der Waals surface area contributed by atoms with Crippen LogP contribution in [0.4, 0.5) is 18.0 Å². The number of nitrogens with zero attached hydrogens (tertiary/aromatic N) is 2. The Labute approximate surface area is 268 Å². The molecule has 1 saturated carbocycles. The lowest BCUT2D eigenvalue weighted by molar-refractivity contribution is -0.147. The largest absolute Gasteiger partial charge is 0.389 e. The SMILES string of the molecule is C#CCN(C)C(=O)[C@@H](NC(=O)N[C@H](C(=O)N1C[C@H]2[C@@H]([C@H]1C(=O)NC(CCC(F)(F)F)C(=O)C(N)=O)C2(C)C)C(C)(C)C)C(C)(C)C. The van der Waals surface area contributed by atoms with Crippen molar-refractivity contribution >= 4 is 35.4 Å². The Balaban J connectivity index is 2.37. The number of urea groups is 1. The molecule has 1 heterocycles. The molecular formula is C31H47F3N6O6. The number of carbonyl (C=O) groups is 6. The van der Waals surface area contributed by atoms with E-state index in [0.717, 1.165) is 0 Å². The highest BCUT2D eigenvalue weighted by Crippen LogP contribution is 2.65. The second-order valence-corrected chi connectivity index (χ2v) is 14.9. The van der Waals surface area contributed by atoms with Crippen LogP contribution in [-0.4, -0.2) is 95.7 Å². The third-order valence-corrected chi connectivity index (χ3v) is 8.83. The van der Waals surface area contributed by atoms with Gasteiger partial charge in [-0.1, -0.05) is 61.3 Å². The van der Waals surface area contributed by atoms with Gasteiger partial charge in [-0.05, 0) is 34.5 Å². The molecule has 2 fully saturated rings. The second kappa shape index (κ2) is 13.5. The molecule has 0 spiro atoms. The highest BCUT2D eigenvalue weighted by atomic mass is 19.4. The van der Waals surface area contributed by atoms with Gasteiger partial charge in [-0.15, -0.1) is 6.42 Å². The summed E-state index contributed by atoms with van der Waals surface area (Å²) in [4.78, 5) is 80.7. The van der Waals surface area contributed by atoms with E-state index in [-0.39, 0.29) is 19.0 Å². The van der Waals surface area contributed by atoms with Crippen LogP contribution < -0.4 is 21.7 Å². The molecule has 0 radical (unpaired) electrons. The number of primary amides is 1. The number of ketones is 1. The number of hydrogen-bond acceptors (Lipinski definition) is 6. The van der Waals surface area contributed by atoms with E-state index in [2.05, 4.69) is 21.9 Å². The zero-order valence-corrected chi connectivity index (χ0v) is 27.9. The first kappa shape index (κ1) is 38.4. The maximum atomic E-state index is 14.1. The number of terminal acetylenes is 1. The first-order valence-electron chi connectivity index (χ1n) is 15.0. The first-order chi connectivity index (χ1) is 20.7. The highest BCUT2D eigenvalue weighted by Gasteiger charge is 2.70. The van der Waals surface area contributed by atoms with Gasteiger partial charge < -0.3 is 31.5 Å². The van der Waals surface area contributed by atoms with Crippen molar-refractivity contribution in [1.82, 2.24) is 25.8 Å². The Bertz CT molecular complexity index is 1280. The molecule has 46 heavy (non-hydrogen) atoms. The number of carbonyl (C=O) groups excluding carboxylic acids is 6. The molecule has 1 saturated heterocycles. The van der Waals surface area contributed by atoms with Crippen molar-refractivity contribution in [2.24, 2.45) is 33.8 Å². The number of amides is 6. The van der Waals surface area contributed by atoms with E-state index in [9.17, 15) is 41.9 Å². The van der Waals surface area contributed by atoms with Crippen LogP contribution >= 0.6 is 0 Å². The summed E-state index contributed by atoms with van der Waals surface area (Å²) in [5, 5.41) is 7.56. The minimum absolute atomic E-state index is 0.0109. The summed E-state index contributed by atoms with van der Waals surface area (Å²) in [5.41, 5.74) is 2.99. The van der Waals surface area contributed by atoms with Gasteiger partial charge >= 0.3 is 12.2 Å². The fraction of sp³-hybridized carbons (Fsp3) is 0.742. The second-order valence-electron chi connectivity index (χ2n) is 14.9. The van der Waals surface area contributed by atoms with Crippen molar-refractivity contribution in [2.45, 2.75) is 98.6 Å². The molecule has 1 aliphatic heterocycles. The zero-order valence-electron chi connectivity index (χ0n) is 27.9. The fourth-order valence-electron chi connectivity index (χ4n) is 6.02. The summed E-state index contributed by atoms with van der Waals surface area (Å²) >= 11 is 0. The normalized spacial score (nSPS) is 22.3. The Morgan fingerprint density at radius 3 is 1.96 bits per heavy atom. The van der Waals surface area contributed by atoms with Crippen molar-refractivity contribution in [2.75, 3.05) is 20.1 Å². The summed E-state index contributed by atoms with van der Waals surface area (Å²) in [5.74, 6) is -3.04. The number of nitrogens with two attached hydrogens (primary N) is 1. The van der Waals surface area contributed by atoms with Crippen LogP contribution in [0.3, 0.4) is 0 Å². The Kier molecular flexibility index (Phi) is 11.2. The van der Waals surface area contributed by atoms with Gasteiger partial charge in [0.05, 0.1) is 12.6 Å². The molecule has 12 nitrogen and oxygen atoms in total. The monoisotopic (exact) mass is 656 g/mol. The minimum atomic E-state index is -4.67. The molecule has 6 atom stereocenters. The summed E-state index contributed by atoms with van der Waals surface area (Å²) in [6.07, 6.45) is -1.70. The number of hydrogen-bond donors (Lipinski definition) is 4. The predicted octanol–water partition coefficient (Wildman–Crippen LogP) is 1.57. The number of alkyl halides is 3. The van der Waals surface area contributed by atoms with Crippen molar-refractivity contribution in [1.29, 1.82) is 0 Å². The number of fused-ring (bicyclic) bond motifs is 1. The van der Waals surface area contributed by atoms with E-state index in [1.54, 1.807) is 41.5 Å². The van der Waals surface area contributed by atoms with Crippen molar-refractivity contribution in [3.63, 3.8) is 0 Å². The van der Waals surface area contributed by atoms with Crippen LogP contribution in [0.5, 0.6) is 0 Å². The standard InChI is InChI=1S/C31H47F3N6O6/c1-11-14-39(10)25(44)21(28(2,3)4)37-27(46)38-22(29(5,6)7)26(45)40-15-16-18(30(16,8)9)19(40)24(43)36-17(20(41)23(35)42)12-13-31(32,33)34/h1,16-19,21-22H,12-15H2,2-10H3,(H2,35,42)(H,36,43)(H2,37,38,46)/t16-,17?,18-,19-,21+,22+/m0/s1. The predicted molar refractivity (Wildman–Crippen MR) is 162 cm³/mol. The number of likely N-dealkylation sites (tertiary alicyclic amines) is 1. The van der Waals surface area contributed by atoms with Gasteiger partial charge in [-0.25, -0.2) is 4.79 Å². The molecule has 1 unspecified atom stereocenters. The lowest BCUT2D eigenvalue weighted by Crippen LogP contribution is -2.63. The molecule has 2 rings (SSSR count). The van der Waals surface area contributed by atoms with Gasteiger partial charge in [0, 0.05) is 20.0 Å². The Hall–Kier alpha value is -3.83. The molecule has 2 aliphatic rings. The van der Waals surface area contributed by atoms with Crippen LogP contribution in [0.2, 0.25) is 0 Å². The van der Waals surface area contributed by atoms with Crippen molar-refractivity contribution in [3.05, 3.63) is 0 Å². The van der Waals surface area contributed by atoms with Crippen LogP contribution in [0.25, 0.3) is 0 Å². The van der Waals surface area contributed by atoms with Gasteiger partial charge in [0.25, 0.3) is 5.91 Å². The smallest absolute Gasteiger partial charge is 0.363 e. The molecule has 258 valence electrons. The lowest BCUT2D eigenvalue weighted by atomic mass is 9.84. The number of likely N-dealkylation sites (N-methyl/N-ethyl adjacent to an activating group) is 1. The molecule has 5 N–H and O–H groups in total. The lowest BCUT2D eigenvalue weighted by Gasteiger charge is -2.38. The molecular weight excluding hydrogens is 609 g/mol. The number of rotatable bonds is 11. The summed E-state index contributed by atoms with van der Waals surface area (Å²) in [7, 11) is 1.50. The van der Waals surface area contributed by atoms with Crippen LogP contribution in [0, 0.1) is 40.4 Å². The van der Waals surface area contributed by atoms with Gasteiger partial charge in [0.2, 0.25) is 23.5 Å². The minimum Gasteiger partial charge on any atom is -0.363 e. The third-order valence-electron chi connectivity index (χ3n) is 8.83. The number of Topliss-reactive ketones (excluding diaryl/α,β-unsaturated/α-hetero) is 1. The van der Waals surface area contributed by atoms with E-state index in [1.165, 1.54) is 16.8 Å². The highest BCUT2D eigenvalue weighted by molar-refractivity contribution is 6.37.